The van der Waals surface area contributed by atoms with Crippen LogP contribution in [0.25, 0.3) is 0 Å². The fourth-order valence-corrected chi connectivity index (χ4v) is 3.56. The minimum atomic E-state index is 0.0734. The van der Waals surface area contributed by atoms with E-state index in [1.807, 2.05) is 4.90 Å². The zero-order valence-corrected chi connectivity index (χ0v) is 12.1. The molecule has 2 heterocycles. The smallest absolute Gasteiger partial charge is 0.240 e. The van der Waals surface area contributed by atoms with Gasteiger partial charge in [-0.3, -0.25) is 9.69 Å². The molecule has 0 spiro atoms. The van der Waals surface area contributed by atoms with Crippen molar-refractivity contribution in [3.8, 4) is 6.07 Å². The van der Waals surface area contributed by atoms with Crippen LogP contribution in [0.4, 0.5) is 0 Å². The summed E-state index contributed by atoms with van der Waals surface area (Å²) in [7, 11) is 0. The van der Waals surface area contributed by atoms with E-state index in [2.05, 4.69) is 16.3 Å². The third-order valence-electron chi connectivity index (χ3n) is 5.03. The summed E-state index contributed by atoms with van der Waals surface area (Å²) in [5.74, 6) is 0.316. The van der Waals surface area contributed by atoms with Crippen molar-refractivity contribution in [3.63, 3.8) is 0 Å². The van der Waals surface area contributed by atoms with Crippen LogP contribution in [0.5, 0.6) is 0 Å². The zero-order chi connectivity index (χ0) is 14.0. The number of hydrogen-bond acceptors (Lipinski definition) is 4. The molecule has 20 heavy (non-hydrogen) atoms. The summed E-state index contributed by atoms with van der Waals surface area (Å²) < 4.78 is 0. The maximum atomic E-state index is 12.7. The van der Waals surface area contributed by atoms with Crippen LogP contribution in [0, 0.1) is 16.7 Å². The number of nitrogens with zero attached hydrogens (tertiary/aromatic N) is 3. The molecule has 0 radical (unpaired) electrons. The van der Waals surface area contributed by atoms with Crippen molar-refractivity contribution in [1.29, 1.82) is 5.26 Å². The van der Waals surface area contributed by atoms with E-state index in [9.17, 15) is 4.79 Å². The second-order valence-corrected chi connectivity index (χ2v) is 6.54. The average molecular weight is 276 g/mol. The molecule has 0 aromatic carbocycles. The number of carbonyl (C=O) groups excluding carboxylic acids is 1. The maximum absolute atomic E-state index is 12.7. The van der Waals surface area contributed by atoms with Crippen LogP contribution in [-0.2, 0) is 4.79 Å². The van der Waals surface area contributed by atoms with Crippen molar-refractivity contribution in [3.05, 3.63) is 0 Å². The standard InChI is InChI=1S/C15H24N4O/c16-6-5-15(3-4-15)12-19-9-1-2-13(19)14(20)18-10-7-17-8-11-18/h13,17H,1-5,7-12H2. The highest BCUT2D eigenvalue weighted by molar-refractivity contribution is 5.82. The van der Waals surface area contributed by atoms with E-state index in [4.69, 9.17) is 5.26 Å². The zero-order valence-electron chi connectivity index (χ0n) is 12.1. The molecule has 5 nitrogen and oxygen atoms in total. The lowest BCUT2D eigenvalue weighted by molar-refractivity contribution is -0.136. The molecule has 0 bridgehead atoms. The predicted octanol–water partition coefficient (Wildman–Crippen LogP) is 0.576. The van der Waals surface area contributed by atoms with Crippen LogP contribution < -0.4 is 5.32 Å². The van der Waals surface area contributed by atoms with Crippen LogP contribution in [0.2, 0.25) is 0 Å². The van der Waals surface area contributed by atoms with Gasteiger partial charge in [-0.2, -0.15) is 5.26 Å². The molecule has 1 atom stereocenters. The molecule has 5 heteroatoms. The van der Waals surface area contributed by atoms with Gasteiger partial charge in [0.2, 0.25) is 5.91 Å². The van der Waals surface area contributed by atoms with E-state index in [0.29, 0.717) is 12.3 Å². The number of likely N-dealkylation sites (tertiary alicyclic amines) is 1. The molecule has 110 valence electrons. The third-order valence-corrected chi connectivity index (χ3v) is 5.03. The summed E-state index contributed by atoms with van der Waals surface area (Å²) in [5.41, 5.74) is 0.209. The number of hydrogen-bond donors (Lipinski definition) is 1. The number of rotatable bonds is 4. The summed E-state index contributed by atoms with van der Waals surface area (Å²) in [6.45, 7) is 5.48. The first-order valence-electron chi connectivity index (χ1n) is 7.85. The SMILES string of the molecule is N#CCC1(CN2CCCC2C(=O)N2CCNCC2)CC1. The first-order chi connectivity index (χ1) is 9.74. The quantitative estimate of drug-likeness (QED) is 0.816. The van der Waals surface area contributed by atoms with Gasteiger partial charge in [-0.25, -0.2) is 0 Å². The highest BCUT2D eigenvalue weighted by Gasteiger charge is 2.46. The number of carbonyl (C=O) groups is 1. The van der Waals surface area contributed by atoms with E-state index < -0.39 is 0 Å². The van der Waals surface area contributed by atoms with E-state index in [1.165, 1.54) is 0 Å². The molecular weight excluding hydrogens is 252 g/mol. The molecule has 0 aromatic rings. The highest BCUT2D eigenvalue weighted by atomic mass is 16.2. The van der Waals surface area contributed by atoms with Gasteiger partial charge in [-0.05, 0) is 37.6 Å². The molecule has 1 amide bonds. The van der Waals surface area contributed by atoms with E-state index in [0.717, 1.165) is 65.0 Å². The second-order valence-electron chi connectivity index (χ2n) is 6.54. The van der Waals surface area contributed by atoms with Crippen molar-refractivity contribution < 1.29 is 4.79 Å². The Kier molecular flexibility index (Phi) is 3.95. The topological polar surface area (TPSA) is 59.4 Å². The molecule has 1 N–H and O–H groups in total. The Morgan fingerprint density at radius 3 is 2.70 bits per heavy atom. The van der Waals surface area contributed by atoms with Gasteiger partial charge in [0.1, 0.15) is 0 Å². The number of nitriles is 1. The molecule has 0 aromatic heterocycles. The molecule has 3 fully saturated rings. The van der Waals surface area contributed by atoms with Crippen LogP contribution in [0.3, 0.4) is 0 Å². The third kappa shape index (κ3) is 2.82. The summed E-state index contributed by atoms with van der Waals surface area (Å²) in [5, 5.41) is 12.2. The summed E-state index contributed by atoms with van der Waals surface area (Å²) >= 11 is 0. The number of amides is 1. The molecule has 2 saturated heterocycles. The summed E-state index contributed by atoms with van der Waals surface area (Å²) in [4.78, 5) is 17.0. The van der Waals surface area contributed by atoms with E-state index >= 15 is 0 Å². The van der Waals surface area contributed by atoms with Gasteiger partial charge < -0.3 is 10.2 Å². The van der Waals surface area contributed by atoms with Crippen molar-refractivity contribution in [2.45, 2.75) is 38.1 Å². The normalized spacial score (nSPS) is 29.1. The van der Waals surface area contributed by atoms with Gasteiger partial charge in [-0.1, -0.05) is 0 Å². The van der Waals surface area contributed by atoms with Gasteiger partial charge in [0.15, 0.2) is 0 Å². The molecule has 1 aliphatic carbocycles. The van der Waals surface area contributed by atoms with Gasteiger partial charge >= 0.3 is 0 Å². The Hall–Kier alpha value is -1.12. The van der Waals surface area contributed by atoms with E-state index in [-0.39, 0.29) is 11.5 Å². The van der Waals surface area contributed by atoms with Crippen LogP contribution in [0.15, 0.2) is 0 Å². The van der Waals surface area contributed by atoms with Crippen molar-refractivity contribution in [2.75, 3.05) is 39.3 Å². The lowest BCUT2D eigenvalue weighted by Gasteiger charge is -2.34. The van der Waals surface area contributed by atoms with E-state index in [1.54, 1.807) is 0 Å². The number of piperazine rings is 1. The Balaban J connectivity index is 1.60. The lowest BCUT2D eigenvalue weighted by Crippen LogP contribution is -2.53. The van der Waals surface area contributed by atoms with Crippen LogP contribution in [-0.4, -0.2) is 61.0 Å². The Bertz CT molecular complexity index is 407. The molecule has 2 aliphatic heterocycles. The van der Waals surface area contributed by atoms with Crippen molar-refractivity contribution >= 4 is 5.91 Å². The lowest BCUT2D eigenvalue weighted by atomic mass is 10.0. The second kappa shape index (κ2) is 5.71. The van der Waals surface area contributed by atoms with Crippen molar-refractivity contribution in [2.24, 2.45) is 5.41 Å². The van der Waals surface area contributed by atoms with Crippen molar-refractivity contribution in [1.82, 2.24) is 15.1 Å². The fourth-order valence-electron chi connectivity index (χ4n) is 3.56. The maximum Gasteiger partial charge on any atom is 0.240 e. The molecule has 1 unspecified atom stereocenters. The fraction of sp³-hybridized carbons (Fsp3) is 0.867. The molecule has 3 rings (SSSR count). The number of nitrogens with one attached hydrogen (secondary N) is 1. The average Bonchev–Trinajstić information content (AvgIpc) is 3.07. The molecular formula is C15H24N4O. The van der Waals surface area contributed by atoms with Gasteiger partial charge in [-0.15, -0.1) is 0 Å². The van der Waals surface area contributed by atoms with Crippen LogP contribution >= 0.6 is 0 Å². The van der Waals surface area contributed by atoms with Gasteiger partial charge in [0, 0.05) is 39.1 Å². The monoisotopic (exact) mass is 276 g/mol. The van der Waals surface area contributed by atoms with Gasteiger partial charge in [0.25, 0.3) is 0 Å². The highest BCUT2D eigenvalue weighted by Crippen LogP contribution is 2.49. The Morgan fingerprint density at radius 1 is 1.30 bits per heavy atom. The summed E-state index contributed by atoms with van der Waals surface area (Å²) in [6.07, 6.45) is 5.08. The van der Waals surface area contributed by atoms with Gasteiger partial charge in [0.05, 0.1) is 12.1 Å². The van der Waals surface area contributed by atoms with Crippen LogP contribution in [0.1, 0.15) is 32.1 Å². The minimum Gasteiger partial charge on any atom is -0.339 e. The Labute approximate surface area is 120 Å². The first kappa shape index (κ1) is 13.8. The minimum absolute atomic E-state index is 0.0734. The largest absolute Gasteiger partial charge is 0.339 e. The first-order valence-corrected chi connectivity index (χ1v) is 7.85. The predicted molar refractivity (Wildman–Crippen MR) is 75.9 cm³/mol. The summed E-state index contributed by atoms with van der Waals surface area (Å²) in [6, 6.07) is 2.39. The Morgan fingerprint density at radius 2 is 2.05 bits per heavy atom. The molecule has 1 saturated carbocycles. The molecule has 3 aliphatic rings.